The Labute approximate surface area is 122 Å². The van der Waals surface area contributed by atoms with Crippen LogP contribution in [0, 0.1) is 0 Å². The van der Waals surface area contributed by atoms with Crippen molar-refractivity contribution in [2.75, 3.05) is 6.61 Å². The molecule has 1 atom stereocenters. The Hall–Kier alpha value is -1.64. The van der Waals surface area contributed by atoms with Crippen LogP contribution in [0.4, 0.5) is 0 Å². The number of carbonyl (C=O) groups excluding carboxylic acids is 1. The van der Waals surface area contributed by atoms with Crippen LogP contribution in [0.1, 0.15) is 52.0 Å². The van der Waals surface area contributed by atoms with Gasteiger partial charge in [0.05, 0.1) is 6.61 Å². The molecule has 110 valence electrons. The molecule has 0 N–H and O–H groups in total. The van der Waals surface area contributed by atoms with Gasteiger partial charge in [0.15, 0.2) is 5.54 Å². The number of unbranched alkanes of at least 4 members (excludes halogenated alkanes) is 1. The van der Waals surface area contributed by atoms with E-state index in [4.69, 9.17) is 4.74 Å². The highest BCUT2D eigenvalue weighted by Gasteiger charge is 2.36. The second-order valence-corrected chi connectivity index (χ2v) is 4.88. The molecule has 0 aliphatic rings. The number of nitrogens with zero attached hydrogens (tertiary/aromatic N) is 1. The van der Waals surface area contributed by atoms with Crippen molar-refractivity contribution in [1.29, 1.82) is 0 Å². The zero-order chi connectivity index (χ0) is 14.8. The van der Waals surface area contributed by atoms with Crippen molar-refractivity contribution in [2.24, 2.45) is 4.99 Å². The summed E-state index contributed by atoms with van der Waals surface area (Å²) in [4.78, 5) is 16.9. The lowest BCUT2D eigenvalue weighted by Crippen LogP contribution is -2.38. The highest BCUT2D eigenvalue weighted by atomic mass is 16.5. The third-order valence-corrected chi connectivity index (χ3v) is 3.44. The van der Waals surface area contributed by atoms with Crippen molar-refractivity contribution in [3.05, 3.63) is 35.9 Å². The third kappa shape index (κ3) is 4.48. The van der Waals surface area contributed by atoms with Gasteiger partial charge in [-0.2, -0.15) is 0 Å². The molecule has 3 nitrogen and oxygen atoms in total. The summed E-state index contributed by atoms with van der Waals surface area (Å²) in [5.41, 5.74) is 0.271. The molecule has 0 heterocycles. The quantitative estimate of drug-likeness (QED) is 0.531. The second-order valence-electron chi connectivity index (χ2n) is 4.88. The van der Waals surface area contributed by atoms with Crippen molar-refractivity contribution in [3.8, 4) is 0 Å². The van der Waals surface area contributed by atoms with Gasteiger partial charge in [-0.25, -0.2) is 4.79 Å². The van der Waals surface area contributed by atoms with Gasteiger partial charge in [-0.15, -0.1) is 0 Å². The number of benzene rings is 1. The van der Waals surface area contributed by atoms with E-state index in [9.17, 15) is 4.79 Å². The lowest BCUT2D eigenvalue weighted by Gasteiger charge is -2.26. The van der Waals surface area contributed by atoms with Crippen LogP contribution in [0.5, 0.6) is 0 Å². The van der Waals surface area contributed by atoms with Crippen LogP contribution in [0.15, 0.2) is 35.3 Å². The summed E-state index contributed by atoms with van der Waals surface area (Å²) < 4.78 is 5.23. The number of hydrogen-bond acceptors (Lipinski definition) is 3. The van der Waals surface area contributed by atoms with Gasteiger partial charge in [-0.05, 0) is 25.3 Å². The first-order valence-electron chi connectivity index (χ1n) is 7.46. The smallest absolute Gasteiger partial charge is 0.333 e. The monoisotopic (exact) mass is 275 g/mol. The molecular weight excluding hydrogens is 250 g/mol. The second kappa shape index (κ2) is 8.51. The summed E-state index contributed by atoms with van der Waals surface area (Å²) in [6, 6.07) is 9.85. The van der Waals surface area contributed by atoms with E-state index in [2.05, 4.69) is 11.9 Å². The number of aliphatic imine (C=N–C) groups is 1. The van der Waals surface area contributed by atoms with Gasteiger partial charge in [0.1, 0.15) is 0 Å². The fraction of sp³-hybridized carbons (Fsp3) is 0.529. The first kappa shape index (κ1) is 16.4. The van der Waals surface area contributed by atoms with E-state index < -0.39 is 5.54 Å². The van der Waals surface area contributed by atoms with E-state index in [-0.39, 0.29) is 5.97 Å². The van der Waals surface area contributed by atoms with Crippen LogP contribution in [-0.4, -0.2) is 24.3 Å². The van der Waals surface area contributed by atoms with Gasteiger partial charge in [-0.3, -0.25) is 4.99 Å². The number of carbonyl (C=O) groups is 1. The molecule has 0 amide bonds. The number of rotatable bonds is 8. The Balaban J connectivity index is 2.96. The fourth-order valence-electron chi connectivity index (χ4n) is 2.10. The first-order chi connectivity index (χ1) is 9.68. The van der Waals surface area contributed by atoms with Gasteiger partial charge in [0.2, 0.25) is 0 Å². The molecule has 20 heavy (non-hydrogen) atoms. The predicted molar refractivity (Wildman–Crippen MR) is 83.2 cm³/mol. The Morgan fingerprint density at radius 1 is 1.25 bits per heavy atom. The molecule has 3 heteroatoms. The molecule has 0 aliphatic carbocycles. The van der Waals surface area contributed by atoms with Gasteiger partial charge >= 0.3 is 5.97 Å². The minimum Gasteiger partial charge on any atom is -0.464 e. The van der Waals surface area contributed by atoms with Crippen LogP contribution < -0.4 is 0 Å². The zero-order valence-electron chi connectivity index (χ0n) is 12.8. The Morgan fingerprint density at radius 3 is 2.50 bits per heavy atom. The van der Waals surface area contributed by atoms with Crippen molar-refractivity contribution in [3.63, 3.8) is 0 Å². The zero-order valence-corrected chi connectivity index (χ0v) is 12.8. The summed E-state index contributed by atoms with van der Waals surface area (Å²) in [5.74, 6) is -0.205. The average Bonchev–Trinajstić information content (AvgIpc) is 2.49. The Bertz CT molecular complexity index is 428. The SMILES string of the molecule is CCCCC(CC)(N=Cc1ccccc1)C(=O)OCC. The molecule has 0 saturated heterocycles. The molecule has 0 fully saturated rings. The standard InChI is InChI=1S/C17H25NO2/c1-4-7-13-17(5-2,16(19)20-6-3)18-14-15-11-9-8-10-12-15/h8-12,14H,4-7,13H2,1-3H3. The molecule has 0 spiro atoms. The van der Waals surface area contributed by atoms with E-state index >= 15 is 0 Å². The van der Waals surface area contributed by atoms with E-state index in [1.807, 2.05) is 44.2 Å². The van der Waals surface area contributed by atoms with E-state index in [1.165, 1.54) is 0 Å². The molecule has 0 aromatic heterocycles. The maximum Gasteiger partial charge on any atom is 0.333 e. The van der Waals surface area contributed by atoms with E-state index in [0.717, 1.165) is 24.8 Å². The molecule has 0 bridgehead atoms. The van der Waals surface area contributed by atoms with Crippen molar-refractivity contribution < 1.29 is 9.53 Å². The Morgan fingerprint density at radius 2 is 1.95 bits per heavy atom. The van der Waals surface area contributed by atoms with Gasteiger partial charge in [-0.1, -0.05) is 57.0 Å². The lowest BCUT2D eigenvalue weighted by atomic mass is 9.90. The van der Waals surface area contributed by atoms with Crippen LogP contribution in [-0.2, 0) is 9.53 Å². The van der Waals surface area contributed by atoms with Crippen molar-refractivity contribution >= 4 is 12.2 Å². The number of hydrogen-bond donors (Lipinski definition) is 0. The minimum atomic E-state index is -0.734. The minimum absolute atomic E-state index is 0.205. The van der Waals surface area contributed by atoms with E-state index in [0.29, 0.717) is 13.0 Å². The van der Waals surface area contributed by atoms with Crippen LogP contribution in [0.3, 0.4) is 0 Å². The van der Waals surface area contributed by atoms with Crippen molar-refractivity contribution in [2.45, 2.75) is 52.0 Å². The molecule has 0 radical (unpaired) electrons. The highest BCUT2D eigenvalue weighted by molar-refractivity contribution is 5.86. The van der Waals surface area contributed by atoms with Gasteiger partial charge in [0.25, 0.3) is 0 Å². The average molecular weight is 275 g/mol. The van der Waals surface area contributed by atoms with Gasteiger partial charge < -0.3 is 4.74 Å². The normalized spacial score (nSPS) is 14.2. The molecule has 1 aromatic rings. The summed E-state index contributed by atoms with van der Waals surface area (Å²) >= 11 is 0. The van der Waals surface area contributed by atoms with Crippen molar-refractivity contribution in [1.82, 2.24) is 0 Å². The largest absolute Gasteiger partial charge is 0.464 e. The molecule has 0 aliphatic heterocycles. The summed E-state index contributed by atoms with van der Waals surface area (Å²) in [7, 11) is 0. The van der Waals surface area contributed by atoms with Gasteiger partial charge in [0, 0.05) is 6.21 Å². The number of ether oxygens (including phenoxy) is 1. The van der Waals surface area contributed by atoms with Crippen LogP contribution in [0.2, 0.25) is 0 Å². The molecule has 1 unspecified atom stereocenters. The highest BCUT2D eigenvalue weighted by Crippen LogP contribution is 2.25. The van der Waals surface area contributed by atoms with Crippen LogP contribution >= 0.6 is 0 Å². The first-order valence-corrected chi connectivity index (χ1v) is 7.46. The Kier molecular flexibility index (Phi) is 6.99. The van der Waals surface area contributed by atoms with E-state index in [1.54, 1.807) is 6.21 Å². The molecular formula is C17H25NO2. The summed E-state index contributed by atoms with van der Waals surface area (Å²) in [6.07, 6.45) is 5.20. The lowest BCUT2D eigenvalue weighted by molar-refractivity contribution is -0.150. The fourth-order valence-corrected chi connectivity index (χ4v) is 2.10. The predicted octanol–water partition coefficient (Wildman–Crippen LogP) is 4.01. The summed E-state index contributed by atoms with van der Waals surface area (Å²) in [6.45, 7) is 6.34. The van der Waals surface area contributed by atoms with Crippen LogP contribution in [0.25, 0.3) is 0 Å². The maximum atomic E-state index is 12.3. The number of esters is 1. The molecule has 1 aromatic carbocycles. The summed E-state index contributed by atoms with van der Waals surface area (Å²) in [5, 5.41) is 0. The third-order valence-electron chi connectivity index (χ3n) is 3.44. The molecule has 1 rings (SSSR count). The molecule has 0 saturated carbocycles. The topological polar surface area (TPSA) is 38.7 Å². The maximum absolute atomic E-state index is 12.3.